The first-order chi connectivity index (χ1) is 16.0. The summed E-state index contributed by atoms with van der Waals surface area (Å²) in [6.45, 7) is 1.23. The minimum atomic E-state index is -1.13. The van der Waals surface area contributed by atoms with Gasteiger partial charge in [0.15, 0.2) is 12.6 Å². The molecule has 0 unspecified atom stereocenters. The molecule has 0 spiro atoms. The van der Waals surface area contributed by atoms with Crippen molar-refractivity contribution in [3.8, 4) is 0 Å². The molecule has 0 aliphatic carbocycles. The Hall–Kier alpha value is -2.82. The lowest BCUT2D eigenvalue weighted by molar-refractivity contribution is -0.349. The van der Waals surface area contributed by atoms with Crippen molar-refractivity contribution in [3.05, 3.63) is 71.8 Å². The van der Waals surface area contributed by atoms with Crippen molar-refractivity contribution < 1.29 is 38.4 Å². The topological polar surface area (TPSA) is 113 Å². The van der Waals surface area contributed by atoms with Crippen molar-refractivity contribution in [1.29, 1.82) is 0 Å². The highest BCUT2D eigenvalue weighted by Gasteiger charge is 2.51. The molecular formula is C24H27NO8. The maximum atomic E-state index is 12.0. The monoisotopic (exact) mass is 457 g/mol. The van der Waals surface area contributed by atoms with Gasteiger partial charge in [-0.3, -0.25) is 4.79 Å². The number of benzene rings is 2. The molecular weight excluding hydrogens is 430 g/mol. The molecule has 9 heteroatoms. The second-order valence-electron chi connectivity index (χ2n) is 7.91. The number of carbonyl (C=O) groups excluding carboxylic acids is 1. The van der Waals surface area contributed by atoms with Crippen LogP contribution in [-0.2, 0) is 39.9 Å². The average molecular weight is 457 g/mol. The Morgan fingerprint density at radius 2 is 1.73 bits per heavy atom. The van der Waals surface area contributed by atoms with Gasteiger partial charge in [0.25, 0.3) is 0 Å². The smallest absolute Gasteiger partial charge is 0.329 e. The molecule has 2 fully saturated rings. The van der Waals surface area contributed by atoms with Crippen LogP contribution in [0.25, 0.3) is 0 Å². The van der Waals surface area contributed by atoms with Gasteiger partial charge in [0, 0.05) is 12.5 Å². The zero-order valence-corrected chi connectivity index (χ0v) is 18.2. The first kappa shape index (κ1) is 23.3. The number of ether oxygens (including phenoxy) is 5. The molecule has 6 atom stereocenters. The van der Waals surface area contributed by atoms with Crippen molar-refractivity contribution in [2.45, 2.75) is 50.5 Å². The van der Waals surface area contributed by atoms with Crippen LogP contribution >= 0.6 is 0 Å². The molecule has 0 bridgehead atoms. The summed E-state index contributed by atoms with van der Waals surface area (Å²) in [5, 5.41) is 12.0. The lowest BCUT2D eigenvalue weighted by Crippen LogP contribution is -2.67. The van der Waals surface area contributed by atoms with Gasteiger partial charge in [0.1, 0.15) is 31.0 Å². The summed E-state index contributed by atoms with van der Waals surface area (Å²) in [5.41, 5.74) is 1.74. The molecule has 2 aliphatic heterocycles. The maximum Gasteiger partial charge on any atom is 0.329 e. The standard InChI is InChI=1S/C24H27NO8/c1-15(26)25-20-22(29-14-19(27)28)21-18(13-31-23(33-21)17-10-6-3-7-11-17)32-24(20)30-12-16-8-4-2-5-9-16/h2-11,18,20-24H,12-14H2,1H3,(H,25,26)(H,27,28)/t18-,20-,21-,22-,23+,24-/m1/s1. The maximum absolute atomic E-state index is 12.0. The van der Waals surface area contributed by atoms with E-state index in [4.69, 9.17) is 23.7 Å². The van der Waals surface area contributed by atoms with Gasteiger partial charge in [-0.15, -0.1) is 0 Å². The van der Waals surface area contributed by atoms with Crippen molar-refractivity contribution in [2.75, 3.05) is 13.2 Å². The summed E-state index contributed by atoms with van der Waals surface area (Å²) in [7, 11) is 0. The van der Waals surface area contributed by atoms with Gasteiger partial charge >= 0.3 is 5.97 Å². The number of fused-ring (bicyclic) bond motifs is 1. The van der Waals surface area contributed by atoms with Gasteiger partial charge in [0.2, 0.25) is 5.91 Å². The lowest BCUT2D eigenvalue weighted by Gasteiger charge is -2.49. The van der Waals surface area contributed by atoms with E-state index in [-0.39, 0.29) is 19.1 Å². The third kappa shape index (κ3) is 5.95. The number of carboxylic acid groups (broad SMARTS) is 1. The normalized spacial score (nSPS) is 29.1. The number of carboxylic acids is 1. The van der Waals surface area contributed by atoms with Crippen LogP contribution in [0.4, 0.5) is 0 Å². The summed E-state index contributed by atoms with van der Waals surface area (Å²) in [6.07, 6.45) is -3.66. The van der Waals surface area contributed by atoms with E-state index in [2.05, 4.69) is 5.32 Å². The highest BCUT2D eigenvalue weighted by Crippen LogP contribution is 2.35. The molecule has 9 nitrogen and oxygen atoms in total. The minimum Gasteiger partial charge on any atom is -0.480 e. The highest BCUT2D eigenvalue weighted by atomic mass is 16.8. The van der Waals surface area contributed by atoms with E-state index in [9.17, 15) is 14.7 Å². The van der Waals surface area contributed by atoms with Crippen LogP contribution in [0, 0.1) is 0 Å². The number of amides is 1. The second kappa shape index (κ2) is 10.9. The summed E-state index contributed by atoms with van der Waals surface area (Å²) >= 11 is 0. The molecule has 0 radical (unpaired) electrons. The van der Waals surface area contributed by atoms with Crippen molar-refractivity contribution in [3.63, 3.8) is 0 Å². The number of hydrogen-bond donors (Lipinski definition) is 2. The number of nitrogens with one attached hydrogen (secondary N) is 1. The molecule has 2 aliphatic rings. The predicted octanol–water partition coefficient (Wildman–Crippen LogP) is 2.02. The van der Waals surface area contributed by atoms with E-state index >= 15 is 0 Å². The van der Waals surface area contributed by atoms with E-state index in [1.807, 2.05) is 60.7 Å². The molecule has 176 valence electrons. The molecule has 2 aromatic rings. The van der Waals surface area contributed by atoms with Gasteiger partial charge in [-0.2, -0.15) is 0 Å². The van der Waals surface area contributed by atoms with Crippen LogP contribution in [0.5, 0.6) is 0 Å². The van der Waals surface area contributed by atoms with Crippen molar-refractivity contribution in [1.82, 2.24) is 5.32 Å². The fourth-order valence-electron chi connectivity index (χ4n) is 4.00. The number of rotatable bonds is 8. The van der Waals surface area contributed by atoms with E-state index in [1.54, 1.807) is 0 Å². The zero-order chi connectivity index (χ0) is 23.2. The fourth-order valence-corrected chi connectivity index (χ4v) is 4.00. The number of carbonyl (C=O) groups is 2. The Kier molecular flexibility index (Phi) is 7.69. The molecule has 2 heterocycles. The molecule has 2 aromatic carbocycles. The summed E-state index contributed by atoms with van der Waals surface area (Å²) < 4.78 is 29.9. The van der Waals surface area contributed by atoms with Crippen LogP contribution in [-0.4, -0.2) is 60.8 Å². The van der Waals surface area contributed by atoms with Gasteiger partial charge in [-0.1, -0.05) is 60.7 Å². The molecule has 0 aromatic heterocycles. The van der Waals surface area contributed by atoms with Crippen LogP contribution in [0.3, 0.4) is 0 Å². The van der Waals surface area contributed by atoms with Crippen LogP contribution in [0.2, 0.25) is 0 Å². The Balaban J connectivity index is 1.56. The minimum absolute atomic E-state index is 0.190. The van der Waals surface area contributed by atoms with Crippen LogP contribution in [0.15, 0.2) is 60.7 Å². The van der Waals surface area contributed by atoms with Gasteiger partial charge in [-0.05, 0) is 5.56 Å². The quantitative estimate of drug-likeness (QED) is 0.619. The van der Waals surface area contributed by atoms with Crippen molar-refractivity contribution in [2.24, 2.45) is 0 Å². The zero-order valence-electron chi connectivity index (χ0n) is 18.2. The number of aliphatic carboxylic acids is 1. The average Bonchev–Trinajstić information content (AvgIpc) is 2.82. The Bertz CT molecular complexity index is 925. The van der Waals surface area contributed by atoms with Crippen molar-refractivity contribution >= 4 is 11.9 Å². The summed E-state index contributed by atoms with van der Waals surface area (Å²) in [6, 6.07) is 18.1. The van der Waals surface area contributed by atoms with E-state index in [0.29, 0.717) is 0 Å². The molecule has 2 N–H and O–H groups in total. The Morgan fingerprint density at radius 3 is 2.39 bits per heavy atom. The third-order valence-electron chi connectivity index (χ3n) is 5.44. The summed E-state index contributed by atoms with van der Waals surface area (Å²) in [5.74, 6) is -1.46. The van der Waals surface area contributed by atoms with Gasteiger partial charge < -0.3 is 34.1 Å². The first-order valence-corrected chi connectivity index (χ1v) is 10.7. The van der Waals surface area contributed by atoms with E-state index < -0.39 is 49.5 Å². The van der Waals surface area contributed by atoms with Gasteiger partial charge in [-0.25, -0.2) is 4.79 Å². The molecule has 2 saturated heterocycles. The lowest BCUT2D eigenvalue weighted by atomic mass is 9.95. The molecule has 4 rings (SSSR count). The van der Waals surface area contributed by atoms with Gasteiger partial charge in [0.05, 0.1) is 13.2 Å². The number of hydrogen-bond acceptors (Lipinski definition) is 7. The second-order valence-corrected chi connectivity index (χ2v) is 7.91. The highest BCUT2D eigenvalue weighted by molar-refractivity contribution is 5.73. The van der Waals surface area contributed by atoms with Crippen LogP contribution in [0.1, 0.15) is 24.3 Å². The third-order valence-corrected chi connectivity index (χ3v) is 5.44. The first-order valence-electron chi connectivity index (χ1n) is 10.7. The predicted molar refractivity (Wildman–Crippen MR) is 115 cm³/mol. The SMILES string of the molecule is CC(=O)N[C@H]1[C@H](OCc2ccccc2)O[C@@H]2CO[C@H](c3ccccc3)O[C@H]2[C@@H]1OCC(=O)O. The Labute approximate surface area is 191 Å². The van der Waals surface area contributed by atoms with Crippen LogP contribution < -0.4 is 5.32 Å². The fraction of sp³-hybridized carbons (Fsp3) is 0.417. The molecule has 0 saturated carbocycles. The molecule has 33 heavy (non-hydrogen) atoms. The largest absolute Gasteiger partial charge is 0.480 e. The molecule has 1 amide bonds. The Morgan fingerprint density at radius 1 is 1.03 bits per heavy atom. The van der Waals surface area contributed by atoms with E-state index in [0.717, 1.165) is 11.1 Å². The van der Waals surface area contributed by atoms with E-state index in [1.165, 1.54) is 6.92 Å². The summed E-state index contributed by atoms with van der Waals surface area (Å²) in [4.78, 5) is 23.3.